The van der Waals surface area contributed by atoms with E-state index in [0.717, 1.165) is 22.3 Å². The number of ether oxygens (including phenoxy) is 2. The monoisotopic (exact) mass is 451 g/mol. The number of methoxy groups -OCH3 is 2. The Labute approximate surface area is 217 Å². The Morgan fingerprint density at radius 1 is 1.03 bits per heavy atom. The zero-order chi connectivity index (χ0) is 19.6. The van der Waals surface area contributed by atoms with Crippen molar-refractivity contribution in [3.05, 3.63) is 48.2 Å². The SMILES string of the molecule is COc1cc(-c2nocc2-c2ccc(SP(=O)([O-])[O-])cc2)cc(C)c1OC.[Na+].[Na+]. The molecule has 142 valence electrons. The fourth-order valence-corrected chi connectivity index (χ4v) is 4.42. The molecule has 0 bridgehead atoms. The molecule has 3 rings (SSSR count). The molecule has 0 atom stereocenters. The van der Waals surface area contributed by atoms with Crippen molar-refractivity contribution in [3.8, 4) is 33.9 Å². The summed E-state index contributed by atoms with van der Waals surface area (Å²) in [5.41, 5.74) is 3.78. The molecule has 7 nitrogen and oxygen atoms in total. The van der Waals surface area contributed by atoms with E-state index in [2.05, 4.69) is 5.16 Å². The van der Waals surface area contributed by atoms with Crippen LogP contribution in [0, 0.1) is 6.92 Å². The second kappa shape index (κ2) is 11.4. The molecule has 0 fully saturated rings. The third-order valence-electron chi connectivity index (χ3n) is 3.89. The van der Waals surface area contributed by atoms with Crippen molar-refractivity contribution in [2.75, 3.05) is 14.2 Å². The molecule has 0 aliphatic heterocycles. The minimum absolute atomic E-state index is 0. The summed E-state index contributed by atoms with van der Waals surface area (Å²) in [6.07, 6.45) is 1.51. The first-order chi connectivity index (χ1) is 12.8. The van der Waals surface area contributed by atoms with Crippen LogP contribution in [0.5, 0.6) is 11.5 Å². The van der Waals surface area contributed by atoms with Gasteiger partial charge in [0.2, 0.25) is 0 Å². The molecule has 1 aromatic heterocycles. The second-order valence-electron chi connectivity index (χ2n) is 5.67. The van der Waals surface area contributed by atoms with Gasteiger partial charge in [0, 0.05) is 16.0 Å². The van der Waals surface area contributed by atoms with Gasteiger partial charge in [-0.3, -0.25) is 0 Å². The van der Waals surface area contributed by atoms with Crippen molar-refractivity contribution in [1.29, 1.82) is 0 Å². The Bertz CT molecular complexity index is 1010. The Balaban J connectivity index is 0.00000210. The van der Waals surface area contributed by atoms with Crippen LogP contribution in [-0.4, -0.2) is 19.4 Å². The van der Waals surface area contributed by atoms with Crippen LogP contribution in [0.1, 0.15) is 5.56 Å². The van der Waals surface area contributed by atoms with E-state index in [1.54, 1.807) is 38.5 Å². The van der Waals surface area contributed by atoms with Gasteiger partial charge < -0.3 is 28.3 Å². The average molecular weight is 451 g/mol. The van der Waals surface area contributed by atoms with Crippen LogP contribution in [0.25, 0.3) is 22.4 Å². The molecule has 0 aliphatic carbocycles. The molecule has 29 heavy (non-hydrogen) atoms. The number of hydrogen-bond acceptors (Lipinski definition) is 8. The Hall–Kier alpha value is -0.250. The normalized spacial score (nSPS) is 10.7. The molecule has 0 N–H and O–H groups in total. The van der Waals surface area contributed by atoms with Crippen LogP contribution in [0.15, 0.2) is 52.1 Å². The molecule has 0 aliphatic rings. The molecule has 0 saturated carbocycles. The van der Waals surface area contributed by atoms with Crippen molar-refractivity contribution < 1.29 is 87.5 Å². The minimum Gasteiger partial charge on any atom is -0.803 e. The predicted molar refractivity (Wildman–Crippen MR) is 98.7 cm³/mol. The van der Waals surface area contributed by atoms with Crippen molar-refractivity contribution in [1.82, 2.24) is 5.16 Å². The Kier molecular flexibility index (Phi) is 10.5. The second-order valence-corrected chi connectivity index (χ2v) is 9.11. The zero-order valence-electron chi connectivity index (χ0n) is 16.8. The summed E-state index contributed by atoms with van der Waals surface area (Å²) in [7, 11) is 3.14. The molecule has 0 saturated heterocycles. The molecule has 1 heterocycles. The van der Waals surface area contributed by atoms with E-state index in [0.29, 0.717) is 33.5 Å². The molecule has 0 radical (unpaired) electrons. The number of aromatic nitrogens is 1. The summed E-state index contributed by atoms with van der Waals surface area (Å²) in [4.78, 5) is 22.1. The quantitative estimate of drug-likeness (QED) is 0.294. The van der Waals surface area contributed by atoms with Gasteiger partial charge in [0.05, 0.1) is 14.2 Å². The number of nitrogens with zero attached hydrogens (tertiary/aromatic N) is 1. The molecular formula is C18H16NNa2O6PS. The van der Waals surface area contributed by atoms with E-state index < -0.39 is 6.80 Å². The first kappa shape index (κ1) is 26.8. The largest absolute Gasteiger partial charge is 1.00 e. The first-order valence-corrected chi connectivity index (χ1v) is 10.8. The molecule has 0 unspecified atom stereocenters. The van der Waals surface area contributed by atoms with E-state index >= 15 is 0 Å². The maximum Gasteiger partial charge on any atom is 1.00 e. The van der Waals surface area contributed by atoms with E-state index in [1.807, 2.05) is 19.1 Å². The molecule has 2 aromatic carbocycles. The summed E-state index contributed by atoms with van der Waals surface area (Å²) < 4.78 is 26.8. The zero-order valence-corrected chi connectivity index (χ0v) is 22.5. The van der Waals surface area contributed by atoms with E-state index in [1.165, 1.54) is 6.26 Å². The predicted octanol–water partition coefficient (Wildman–Crippen LogP) is -2.74. The Morgan fingerprint density at radius 2 is 1.69 bits per heavy atom. The van der Waals surface area contributed by atoms with Crippen molar-refractivity contribution in [2.24, 2.45) is 0 Å². The van der Waals surface area contributed by atoms with Crippen LogP contribution in [0.3, 0.4) is 0 Å². The van der Waals surface area contributed by atoms with Crippen LogP contribution in [0.4, 0.5) is 0 Å². The van der Waals surface area contributed by atoms with Crippen molar-refractivity contribution >= 4 is 18.2 Å². The smallest absolute Gasteiger partial charge is 0.803 e. The van der Waals surface area contributed by atoms with Crippen LogP contribution < -0.4 is 78.4 Å². The Morgan fingerprint density at radius 3 is 2.24 bits per heavy atom. The summed E-state index contributed by atoms with van der Waals surface area (Å²) >= 11 is 0.293. The van der Waals surface area contributed by atoms with Gasteiger partial charge in [-0.1, -0.05) is 28.7 Å². The number of hydrogen-bond donors (Lipinski definition) is 0. The van der Waals surface area contributed by atoms with Crippen LogP contribution >= 0.6 is 18.2 Å². The molecular weight excluding hydrogens is 435 g/mol. The van der Waals surface area contributed by atoms with Crippen LogP contribution in [-0.2, 0) is 4.57 Å². The van der Waals surface area contributed by atoms with E-state index in [9.17, 15) is 14.4 Å². The van der Waals surface area contributed by atoms with Gasteiger partial charge in [-0.25, -0.2) is 0 Å². The molecule has 0 spiro atoms. The number of benzene rings is 2. The summed E-state index contributed by atoms with van der Waals surface area (Å²) in [6, 6.07) is 10.3. The van der Waals surface area contributed by atoms with E-state index in [4.69, 9.17) is 14.0 Å². The fourth-order valence-electron chi connectivity index (χ4n) is 2.77. The van der Waals surface area contributed by atoms with Gasteiger partial charge in [0.25, 0.3) is 0 Å². The summed E-state index contributed by atoms with van der Waals surface area (Å²) in [5.74, 6) is 1.22. The first-order valence-electron chi connectivity index (χ1n) is 7.82. The maximum atomic E-state index is 10.9. The summed E-state index contributed by atoms with van der Waals surface area (Å²) in [6.45, 7) is -2.78. The fraction of sp³-hybridized carbons (Fsp3) is 0.167. The van der Waals surface area contributed by atoms with Gasteiger partial charge in [-0.2, -0.15) is 0 Å². The molecule has 11 heteroatoms. The van der Waals surface area contributed by atoms with Gasteiger partial charge in [0.1, 0.15) is 12.0 Å². The minimum atomic E-state index is -4.68. The van der Waals surface area contributed by atoms with E-state index in [-0.39, 0.29) is 59.1 Å². The van der Waals surface area contributed by atoms with Gasteiger partial charge in [0.15, 0.2) is 11.5 Å². The van der Waals surface area contributed by atoms with Gasteiger partial charge in [-0.15, -0.1) is 0 Å². The topological polar surface area (TPSA) is 108 Å². The number of aryl methyl sites for hydroxylation is 1. The van der Waals surface area contributed by atoms with Crippen molar-refractivity contribution in [3.63, 3.8) is 0 Å². The van der Waals surface area contributed by atoms with Crippen molar-refractivity contribution in [2.45, 2.75) is 11.8 Å². The molecule has 3 aromatic rings. The average Bonchev–Trinajstić information content (AvgIpc) is 3.10. The standard InChI is InChI=1S/C18H18NO6PS.2Na/c1-11-8-13(9-16(23-2)18(11)24-3)17-15(10-25-19-17)12-4-6-14(7-5-12)27-26(20,21)22;;/h4-10H,1-3H3,(H2,20,21,22);;/q;2*+1/p-2. The van der Waals surface area contributed by atoms with Gasteiger partial charge in [-0.05, 0) is 49.1 Å². The molecule has 0 amide bonds. The third kappa shape index (κ3) is 6.61. The maximum absolute atomic E-state index is 10.9. The third-order valence-corrected chi connectivity index (χ3v) is 5.90. The number of rotatable bonds is 6. The summed E-state index contributed by atoms with van der Waals surface area (Å²) in [5, 5.41) is 4.10. The van der Waals surface area contributed by atoms with Crippen LogP contribution in [0.2, 0.25) is 0 Å². The van der Waals surface area contributed by atoms with Gasteiger partial charge >= 0.3 is 59.1 Å².